The number of rotatable bonds is 4. The minimum atomic E-state index is -0.955. The third-order valence-electron chi connectivity index (χ3n) is 4.03. The van der Waals surface area contributed by atoms with Crippen LogP contribution in [0, 0.1) is 6.92 Å². The molecule has 2 amide bonds. The minimum Gasteiger partial charge on any atom is -0.476 e. The number of benzene rings is 1. The van der Waals surface area contributed by atoms with Crippen LogP contribution in [0.5, 0.6) is 5.75 Å². The molecule has 130 valence electrons. The molecule has 2 aromatic rings. The smallest absolute Gasteiger partial charge is 0.270 e. The number of hydrogen-bond acceptors (Lipinski definition) is 4. The molecule has 0 saturated carbocycles. The molecule has 2 heterocycles. The quantitative estimate of drug-likeness (QED) is 0.930. The lowest BCUT2D eigenvalue weighted by Crippen LogP contribution is -2.53. The summed E-state index contributed by atoms with van der Waals surface area (Å²) in [7, 11) is 0. The molecule has 3 rings (SSSR count). The first kappa shape index (κ1) is 17.0. The molecule has 6 nitrogen and oxygen atoms in total. The van der Waals surface area contributed by atoms with Crippen LogP contribution in [0.3, 0.4) is 0 Å². The molecule has 0 saturated heterocycles. The van der Waals surface area contributed by atoms with Crippen LogP contribution >= 0.6 is 0 Å². The van der Waals surface area contributed by atoms with E-state index in [1.807, 2.05) is 37.3 Å². The van der Waals surface area contributed by atoms with Crippen molar-refractivity contribution in [2.24, 2.45) is 0 Å². The third kappa shape index (κ3) is 3.63. The Balaban J connectivity index is 1.71. The fraction of sp³-hybridized carbons (Fsp3) is 0.316. The molecule has 0 radical (unpaired) electrons. The molecular formula is C19H21N3O3. The number of amides is 2. The third-order valence-corrected chi connectivity index (χ3v) is 4.03. The number of aromatic nitrogens is 1. The van der Waals surface area contributed by atoms with E-state index < -0.39 is 5.60 Å². The Labute approximate surface area is 146 Å². The maximum Gasteiger partial charge on any atom is 0.270 e. The van der Waals surface area contributed by atoms with E-state index in [1.165, 1.54) is 0 Å². The number of anilines is 2. The molecular weight excluding hydrogens is 318 g/mol. The van der Waals surface area contributed by atoms with Crippen LogP contribution in [0.2, 0.25) is 0 Å². The number of carbonyl (C=O) groups is 2. The summed E-state index contributed by atoms with van der Waals surface area (Å²) in [4.78, 5) is 30.6. The van der Waals surface area contributed by atoms with Crippen molar-refractivity contribution in [1.82, 2.24) is 4.98 Å². The van der Waals surface area contributed by atoms with E-state index in [4.69, 9.17) is 4.74 Å². The van der Waals surface area contributed by atoms with Gasteiger partial charge in [-0.15, -0.1) is 0 Å². The molecule has 6 heteroatoms. The van der Waals surface area contributed by atoms with Gasteiger partial charge in [0.05, 0.1) is 5.69 Å². The summed E-state index contributed by atoms with van der Waals surface area (Å²) in [6.45, 7) is 5.67. The highest BCUT2D eigenvalue weighted by Crippen LogP contribution is 2.37. The summed E-state index contributed by atoms with van der Waals surface area (Å²) in [6, 6.07) is 11.0. The lowest BCUT2D eigenvalue weighted by atomic mass is 10.0. The monoisotopic (exact) mass is 339 g/mol. The van der Waals surface area contributed by atoms with E-state index in [0.29, 0.717) is 17.3 Å². The summed E-state index contributed by atoms with van der Waals surface area (Å²) in [5.74, 6) is 0.812. The highest BCUT2D eigenvalue weighted by Gasteiger charge is 2.40. The molecule has 1 N–H and O–H groups in total. The van der Waals surface area contributed by atoms with Gasteiger partial charge in [0.2, 0.25) is 5.91 Å². The van der Waals surface area contributed by atoms with Gasteiger partial charge in [-0.2, -0.15) is 0 Å². The van der Waals surface area contributed by atoms with Crippen molar-refractivity contribution in [2.45, 2.75) is 32.8 Å². The van der Waals surface area contributed by atoms with E-state index in [9.17, 15) is 9.59 Å². The van der Waals surface area contributed by atoms with Gasteiger partial charge in [-0.3, -0.25) is 9.59 Å². The summed E-state index contributed by atoms with van der Waals surface area (Å²) in [5.41, 5.74) is 0.751. The van der Waals surface area contributed by atoms with Gasteiger partial charge in [-0.1, -0.05) is 12.1 Å². The van der Waals surface area contributed by atoms with Crippen molar-refractivity contribution in [3.8, 4) is 5.75 Å². The molecule has 0 bridgehead atoms. The maximum absolute atomic E-state index is 12.7. The van der Waals surface area contributed by atoms with Crippen molar-refractivity contribution >= 4 is 23.3 Å². The van der Waals surface area contributed by atoms with Crippen LogP contribution in [0.25, 0.3) is 0 Å². The second-order valence-corrected chi connectivity index (χ2v) is 6.55. The molecule has 0 unspecified atom stereocenters. The predicted octanol–water partition coefficient (Wildman–Crippen LogP) is 2.92. The number of ether oxygens (including phenoxy) is 1. The van der Waals surface area contributed by atoms with E-state index in [0.717, 1.165) is 5.56 Å². The normalized spacial score (nSPS) is 15.3. The second kappa shape index (κ2) is 6.55. The number of nitrogens with zero attached hydrogens (tertiary/aromatic N) is 2. The molecule has 25 heavy (non-hydrogen) atoms. The Bertz CT molecular complexity index is 817. The topological polar surface area (TPSA) is 71.5 Å². The Morgan fingerprint density at radius 2 is 2.04 bits per heavy atom. The van der Waals surface area contributed by atoms with Gasteiger partial charge < -0.3 is 15.0 Å². The Hall–Kier alpha value is -2.89. The Morgan fingerprint density at radius 1 is 1.28 bits per heavy atom. The summed E-state index contributed by atoms with van der Waals surface area (Å²) in [5, 5.41) is 2.76. The molecule has 1 aromatic carbocycles. The fourth-order valence-corrected chi connectivity index (χ4v) is 2.76. The Kier molecular flexibility index (Phi) is 4.44. The molecule has 0 aliphatic carbocycles. The number of fused-ring (bicyclic) bond motifs is 1. The number of para-hydroxylation sites is 2. The lowest BCUT2D eigenvalue weighted by molar-refractivity contribution is -0.132. The number of aryl methyl sites for hydroxylation is 1. The van der Waals surface area contributed by atoms with Crippen molar-refractivity contribution in [3.05, 3.63) is 48.2 Å². The van der Waals surface area contributed by atoms with E-state index in [1.54, 1.807) is 31.0 Å². The first-order valence-corrected chi connectivity index (χ1v) is 8.19. The van der Waals surface area contributed by atoms with Crippen LogP contribution in [0.15, 0.2) is 42.6 Å². The number of hydrogen-bond donors (Lipinski definition) is 1. The largest absolute Gasteiger partial charge is 0.476 e. The zero-order valence-corrected chi connectivity index (χ0v) is 14.6. The summed E-state index contributed by atoms with van der Waals surface area (Å²) < 4.78 is 5.78. The highest BCUT2D eigenvalue weighted by atomic mass is 16.5. The number of pyridine rings is 1. The highest BCUT2D eigenvalue weighted by molar-refractivity contribution is 6.03. The Morgan fingerprint density at radius 3 is 2.80 bits per heavy atom. The van der Waals surface area contributed by atoms with Crippen LogP contribution in [0.1, 0.15) is 25.8 Å². The summed E-state index contributed by atoms with van der Waals surface area (Å²) in [6.07, 6.45) is 1.82. The van der Waals surface area contributed by atoms with Gasteiger partial charge in [-0.25, -0.2) is 4.98 Å². The second-order valence-electron chi connectivity index (χ2n) is 6.55. The zero-order chi connectivity index (χ0) is 18.0. The van der Waals surface area contributed by atoms with Gasteiger partial charge in [0.25, 0.3) is 5.91 Å². The lowest BCUT2D eigenvalue weighted by Gasteiger charge is -2.38. The predicted molar refractivity (Wildman–Crippen MR) is 95.7 cm³/mol. The first-order chi connectivity index (χ1) is 11.9. The van der Waals surface area contributed by atoms with Crippen molar-refractivity contribution in [2.75, 3.05) is 16.8 Å². The van der Waals surface area contributed by atoms with Gasteiger partial charge in [0.15, 0.2) is 5.60 Å². The van der Waals surface area contributed by atoms with Crippen LogP contribution in [0.4, 0.5) is 11.5 Å². The SMILES string of the molecule is Cc1ccnc(NC(=O)CCN2C(=O)C(C)(C)Oc3ccccc32)c1. The van der Waals surface area contributed by atoms with Crippen LogP contribution in [-0.4, -0.2) is 28.9 Å². The zero-order valence-electron chi connectivity index (χ0n) is 14.6. The number of carbonyl (C=O) groups excluding carboxylic acids is 2. The minimum absolute atomic E-state index is 0.160. The van der Waals surface area contributed by atoms with Crippen molar-refractivity contribution < 1.29 is 14.3 Å². The van der Waals surface area contributed by atoms with Gasteiger partial charge >= 0.3 is 0 Å². The molecule has 1 aromatic heterocycles. The standard InChI is InChI=1S/C19H21N3O3/c1-13-8-10-20-16(12-13)21-17(23)9-11-22-14-6-4-5-7-15(14)25-19(2,3)18(22)24/h4-8,10,12H,9,11H2,1-3H3,(H,20,21,23). The average molecular weight is 339 g/mol. The molecule has 1 aliphatic rings. The van der Waals surface area contributed by atoms with Crippen molar-refractivity contribution in [1.29, 1.82) is 0 Å². The molecule has 0 fully saturated rings. The van der Waals surface area contributed by atoms with Crippen LogP contribution in [-0.2, 0) is 9.59 Å². The summed E-state index contributed by atoms with van der Waals surface area (Å²) >= 11 is 0. The molecule has 1 aliphatic heterocycles. The molecule has 0 spiro atoms. The van der Waals surface area contributed by atoms with Gasteiger partial charge in [-0.05, 0) is 50.6 Å². The van der Waals surface area contributed by atoms with Gasteiger partial charge in [0, 0.05) is 19.2 Å². The van der Waals surface area contributed by atoms with E-state index in [2.05, 4.69) is 10.3 Å². The average Bonchev–Trinajstić information content (AvgIpc) is 2.55. The molecule has 0 atom stereocenters. The van der Waals surface area contributed by atoms with Crippen molar-refractivity contribution in [3.63, 3.8) is 0 Å². The fourth-order valence-electron chi connectivity index (χ4n) is 2.76. The van der Waals surface area contributed by atoms with E-state index in [-0.39, 0.29) is 24.8 Å². The number of nitrogens with one attached hydrogen (secondary N) is 1. The van der Waals surface area contributed by atoms with E-state index >= 15 is 0 Å². The first-order valence-electron chi connectivity index (χ1n) is 8.19. The van der Waals surface area contributed by atoms with Crippen LogP contribution < -0.4 is 15.0 Å². The van der Waals surface area contributed by atoms with Gasteiger partial charge in [0.1, 0.15) is 11.6 Å². The maximum atomic E-state index is 12.7.